The predicted molar refractivity (Wildman–Crippen MR) is 85.2 cm³/mol. The molecule has 0 spiro atoms. The van der Waals surface area contributed by atoms with Gasteiger partial charge in [0.2, 0.25) is 0 Å². The predicted octanol–water partition coefficient (Wildman–Crippen LogP) is 3.11. The molecule has 0 amide bonds. The smallest absolute Gasteiger partial charge is 0.107 e. The summed E-state index contributed by atoms with van der Waals surface area (Å²) in [7, 11) is 0. The fraction of sp³-hybridized carbons (Fsp3) is 0.812. The minimum Gasteiger partial charge on any atom is -0.311 e. The lowest BCUT2D eigenvalue weighted by atomic mass is 10.0. The summed E-state index contributed by atoms with van der Waals surface area (Å²) in [6.07, 6.45) is 5.42. The molecule has 1 N–H and O–H groups in total. The fourth-order valence-corrected chi connectivity index (χ4v) is 4.31. The molecule has 2 fully saturated rings. The third-order valence-corrected chi connectivity index (χ3v) is 5.81. The van der Waals surface area contributed by atoms with E-state index in [9.17, 15) is 0 Å². The van der Waals surface area contributed by atoms with E-state index in [1.807, 2.05) is 11.3 Å². The molecule has 1 saturated heterocycles. The first-order valence-corrected chi connectivity index (χ1v) is 8.89. The molecule has 2 heterocycles. The topological polar surface area (TPSA) is 28.2 Å². The van der Waals surface area contributed by atoms with Crippen LogP contribution in [-0.2, 0) is 6.54 Å². The van der Waals surface area contributed by atoms with E-state index in [4.69, 9.17) is 4.98 Å². The molecule has 3 rings (SSSR count). The molecule has 3 nitrogen and oxygen atoms in total. The normalized spacial score (nSPS) is 27.9. The zero-order valence-corrected chi connectivity index (χ0v) is 13.8. The lowest BCUT2D eigenvalue weighted by Crippen LogP contribution is -2.56. The van der Waals surface area contributed by atoms with Crippen molar-refractivity contribution in [2.24, 2.45) is 5.92 Å². The van der Waals surface area contributed by atoms with Crippen LogP contribution in [0.4, 0.5) is 0 Å². The van der Waals surface area contributed by atoms with Crippen LogP contribution in [-0.4, -0.2) is 35.1 Å². The Labute approximate surface area is 126 Å². The van der Waals surface area contributed by atoms with Crippen molar-refractivity contribution in [2.45, 2.75) is 65.1 Å². The number of hydrogen-bond donors (Lipinski definition) is 1. The number of aromatic nitrogens is 1. The molecule has 1 aliphatic carbocycles. The maximum Gasteiger partial charge on any atom is 0.107 e. The number of piperazine rings is 1. The summed E-state index contributed by atoms with van der Waals surface area (Å²) in [4.78, 5) is 8.84. The molecule has 2 atom stereocenters. The van der Waals surface area contributed by atoms with E-state index >= 15 is 0 Å². The maximum atomic E-state index is 4.75. The first kappa shape index (κ1) is 14.5. The van der Waals surface area contributed by atoms with Crippen molar-refractivity contribution in [3.8, 4) is 0 Å². The summed E-state index contributed by atoms with van der Waals surface area (Å²) in [6, 6.07) is 1.42. The average Bonchev–Trinajstić information content (AvgIpc) is 3.19. The second kappa shape index (κ2) is 6.12. The van der Waals surface area contributed by atoms with Crippen LogP contribution >= 0.6 is 11.3 Å². The van der Waals surface area contributed by atoms with Crippen molar-refractivity contribution in [1.29, 1.82) is 0 Å². The van der Waals surface area contributed by atoms with Crippen LogP contribution in [0.5, 0.6) is 0 Å². The van der Waals surface area contributed by atoms with Gasteiger partial charge in [-0.05, 0) is 39.0 Å². The molecule has 20 heavy (non-hydrogen) atoms. The van der Waals surface area contributed by atoms with Gasteiger partial charge >= 0.3 is 0 Å². The van der Waals surface area contributed by atoms with Crippen LogP contribution in [0.15, 0.2) is 0 Å². The lowest BCUT2D eigenvalue weighted by Gasteiger charge is -2.40. The van der Waals surface area contributed by atoms with Gasteiger partial charge in [0.05, 0.1) is 12.2 Å². The fourth-order valence-electron chi connectivity index (χ4n) is 3.35. The number of nitrogens with one attached hydrogen (secondary N) is 1. The first-order valence-electron chi connectivity index (χ1n) is 8.07. The minimum atomic E-state index is 0.678. The van der Waals surface area contributed by atoms with Gasteiger partial charge in [0.15, 0.2) is 0 Å². The van der Waals surface area contributed by atoms with Crippen LogP contribution in [0.1, 0.15) is 48.2 Å². The second-order valence-corrected chi connectivity index (χ2v) is 7.77. The van der Waals surface area contributed by atoms with Crippen molar-refractivity contribution in [3.05, 3.63) is 15.6 Å². The van der Waals surface area contributed by atoms with Crippen molar-refractivity contribution in [1.82, 2.24) is 15.2 Å². The first-order chi connectivity index (χ1) is 9.67. The molecule has 1 aromatic heterocycles. The minimum absolute atomic E-state index is 0.678. The van der Waals surface area contributed by atoms with Crippen molar-refractivity contribution < 1.29 is 0 Å². The standard InChI is InChI=1S/C16H27N3S/c1-4-5-14-9-19(15(8-17-14)13-6-7-13)10-16-18-11(2)12(3)20-16/h13-15,17H,4-10H2,1-3H3. The molecule has 0 radical (unpaired) electrons. The summed E-state index contributed by atoms with van der Waals surface area (Å²) in [5, 5.41) is 5.07. The van der Waals surface area contributed by atoms with E-state index in [2.05, 4.69) is 31.0 Å². The van der Waals surface area contributed by atoms with Crippen LogP contribution in [0, 0.1) is 19.8 Å². The van der Waals surface area contributed by atoms with E-state index < -0.39 is 0 Å². The summed E-state index contributed by atoms with van der Waals surface area (Å²) >= 11 is 1.88. The SMILES string of the molecule is CCCC1CN(Cc2nc(C)c(C)s2)C(C2CC2)CN1. The maximum absolute atomic E-state index is 4.75. The Morgan fingerprint density at radius 1 is 1.35 bits per heavy atom. The molecule has 1 saturated carbocycles. The van der Waals surface area contributed by atoms with Crippen LogP contribution in [0.25, 0.3) is 0 Å². The summed E-state index contributed by atoms with van der Waals surface area (Å²) in [5.41, 5.74) is 1.22. The summed E-state index contributed by atoms with van der Waals surface area (Å²) in [5.74, 6) is 0.937. The molecule has 2 aliphatic rings. The van der Waals surface area contributed by atoms with E-state index in [1.165, 1.54) is 54.4 Å². The zero-order chi connectivity index (χ0) is 14.1. The third kappa shape index (κ3) is 3.23. The molecule has 2 unspecified atom stereocenters. The molecular formula is C16H27N3S. The van der Waals surface area contributed by atoms with Gasteiger partial charge in [-0.15, -0.1) is 11.3 Å². The molecule has 4 heteroatoms. The average molecular weight is 293 g/mol. The number of hydrogen-bond acceptors (Lipinski definition) is 4. The Hall–Kier alpha value is -0.450. The van der Waals surface area contributed by atoms with E-state index in [-0.39, 0.29) is 0 Å². The van der Waals surface area contributed by atoms with Gasteiger partial charge in [0, 0.05) is 30.1 Å². The van der Waals surface area contributed by atoms with Gasteiger partial charge in [-0.3, -0.25) is 4.90 Å². The van der Waals surface area contributed by atoms with Crippen LogP contribution in [0.2, 0.25) is 0 Å². The quantitative estimate of drug-likeness (QED) is 0.904. The highest BCUT2D eigenvalue weighted by Crippen LogP contribution is 2.37. The van der Waals surface area contributed by atoms with Gasteiger partial charge < -0.3 is 5.32 Å². The van der Waals surface area contributed by atoms with Crippen molar-refractivity contribution >= 4 is 11.3 Å². The largest absolute Gasteiger partial charge is 0.311 e. The summed E-state index contributed by atoms with van der Waals surface area (Å²) < 4.78 is 0. The number of thiazole rings is 1. The van der Waals surface area contributed by atoms with E-state index in [0.29, 0.717) is 6.04 Å². The van der Waals surface area contributed by atoms with E-state index in [1.54, 1.807) is 0 Å². The Kier molecular flexibility index (Phi) is 4.43. The second-order valence-electron chi connectivity index (χ2n) is 6.48. The monoisotopic (exact) mass is 293 g/mol. The highest BCUT2D eigenvalue weighted by atomic mass is 32.1. The molecule has 1 aliphatic heterocycles. The van der Waals surface area contributed by atoms with Gasteiger partial charge in [0.1, 0.15) is 5.01 Å². The number of nitrogens with zero attached hydrogens (tertiary/aromatic N) is 2. The highest BCUT2D eigenvalue weighted by molar-refractivity contribution is 7.11. The van der Waals surface area contributed by atoms with E-state index in [0.717, 1.165) is 18.5 Å². The van der Waals surface area contributed by atoms with Crippen molar-refractivity contribution in [3.63, 3.8) is 0 Å². The number of aryl methyl sites for hydroxylation is 2. The molecule has 0 aromatic carbocycles. The molecular weight excluding hydrogens is 266 g/mol. The van der Waals surface area contributed by atoms with Gasteiger partial charge in [-0.1, -0.05) is 13.3 Å². The third-order valence-electron chi connectivity index (χ3n) is 4.75. The highest BCUT2D eigenvalue weighted by Gasteiger charge is 2.38. The Morgan fingerprint density at radius 3 is 2.75 bits per heavy atom. The Morgan fingerprint density at radius 2 is 2.15 bits per heavy atom. The Bertz CT molecular complexity index is 433. The molecule has 1 aromatic rings. The zero-order valence-electron chi connectivity index (χ0n) is 13.0. The van der Waals surface area contributed by atoms with Crippen LogP contribution in [0.3, 0.4) is 0 Å². The van der Waals surface area contributed by atoms with Crippen LogP contribution < -0.4 is 5.32 Å². The number of rotatable bonds is 5. The molecule has 0 bridgehead atoms. The summed E-state index contributed by atoms with van der Waals surface area (Å²) in [6.45, 7) is 10.0. The Balaban J connectivity index is 1.68. The lowest BCUT2D eigenvalue weighted by molar-refractivity contribution is 0.104. The van der Waals surface area contributed by atoms with Crippen molar-refractivity contribution in [2.75, 3.05) is 13.1 Å². The van der Waals surface area contributed by atoms with Gasteiger partial charge in [0.25, 0.3) is 0 Å². The van der Waals surface area contributed by atoms with Gasteiger partial charge in [-0.2, -0.15) is 0 Å². The van der Waals surface area contributed by atoms with Gasteiger partial charge in [-0.25, -0.2) is 4.98 Å². The molecule has 112 valence electrons.